The van der Waals surface area contributed by atoms with Gasteiger partial charge in [-0.05, 0) is 31.0 Å². The van der Waals surface area contributed by atoms with Gasteiger partial charge in [0.2, 0.25) is 0 Å². The van der Waals surface area contributed by atoms with E-state index in [4.69, 9.17) is 4.74 Å². The number of likely N-dealkylation sites (tertiary alicyclic amines) is 1. The maximum Gasteiger partial charge on any atom is 0.410 e. The van der Waals surface area contributed by atoms with Gasteiger partial charge in [-0.1, -0.05) is 35.9 Å². The Kier molecular flexibility index (Phi) is 7.42. The van der Waals surface area contributed by atoms with Crippen LogP contribution in [0, 0.1) is 12.8 Å². The Morgan fingerprint density at radius 3 is 2.73 bits per heavy atom. The van der Waals surface area contributed by atoms with E-state index in [-0.39, 0.29) is 25.6 Å². The molecular formula is C21H26FN5O3. The second-order valence-electron chi connectivity index (χ2n) is 7.23. The third-order valence-electron chi connectivity index (χ3n) is 4.91. The van der Waals surface area contributed by atoms with Crippen LogP contribution in [-0.2, 0) is 11.3 Å². The van der Waals surface area contributed by atoms with E-state index in [9.17, 15) is 14.0 Å². The Morgan fingerprint density at radius 1 is 1.23 bits per heavy atom. The molecule has 9 heteroatoms. The quantitative estimate of drug-likeness (QED) is 0.631. The lowest BCUT2D eigenvalue weighted by atomic mass is 9.95. The summed E-state index contributed by atoms with van der Waals surface area (Å²) in [5, 5.41) is 2.63. The Balaban J connectivity index is 1.36. The molecule has 3 N–H and O–H groups in total. The highest BCUT2D eigenvalue weighted by atomic mass is 19.1. The van der Waals surface area contributed by atoms with Crippen LogP contribution in [0.5, 0.6) is 0 Å². The van der Waals surface area contributed by atoms with Gasteiger partial charge in [-0.3, -0.25) is 10.9 Å². The first kappa shape index (κ1) is 21.4. The number of pyridine rings is 1. The number of hydrazine groups is 1. The molecule has 3 amide bonds. The predicted octanol–water partition coefficient (Wildman–Crippen LogP) is 3.01. The first-order valence-corrected chi connectivity index (χ1v) is 9.83. The number of carbonyl (C=O) groups excluding carboxylic acids is 2. The van der Waals surface area contributed by atoms with E-state index in [0.29, 0.717) is 18.8 Å². The van der Waals surface area contributed by atoms with Crippen molar-refractivity contribution in [1.29, 1.82) is 0 Å². The van der Waals surface area contributed by atoms with E-state index >= 15 is 0 Å². The van der Waals surface area contributed by atoms with Crippen molar-refractivity contribution in [3.8, 4) is 0 Å². The molecule has 0 spiro atoms. The molecule has 160 valence electrons. The smallest absolute Gasteiger partial charge is 0.410 e. The molecular weight excluding hydrogens is 389 g/mol. The van der Waals surface area contributed by atoms with E-state index in [1.54, 1.807) is 24.4 Å². The largest absolute Gasteiger partial charge is 0.445 e. The van der Waals surface area contributed by atoms with Crippen LogP contribution in [0.4, 0.5) is 19.8 Å². The molecule has 1 aromatic carbocycles. The van der Waals surface area contributed by atoms with Crippen molar-refractivity contribution in [3.63, 3.8) is 0 Å². The number of aryl methyl sites for hydroxylation is 1. The van der Waals surface area contributed by atoms with E-state index < -0.39 is 18.3 Å². The molecule has 1 fully saturated rings. The summed E-state index contributed by atoms with van der Waals surface area (Å²) < 4.78 is 19.8. The summed E-state index contributed by atoms with van der Waals surface area (Å²) in [5.41, 5.74) is 7.12. The van der Waals surface area contributed by atoms with Gasteiger partial charge in [-0.15, -0.1) is 0 Å². The molecule has 0 bridgehead atoms. The number of anilines is 1. The average Bonchev–Trinajstić information content (AvgIpc) is 2.77. The monoisotopic (exact) mass is 415 g/mol. The van der Waals surface area contributed by atoms with Gasteiger partial charge in [-0.25, -0.2) is 19.0 Å². The topological polar surface area (TPSA) is 95.6 Å². The summed E-state index contributed by atoms with van der Waals surface area (Å²) in [7, 11) is 0. The number of carbonyl (C=O) groups is 2. The molecule has 0 saturated carbocycles. The first-order chi connectivity index (χ1) is 14.5. The fourth-order valence-corrected chi connectivity index (χ4v) is 3.10. The van der Waals surface area contributed by atoms with Crippen molar-refractivity contribution in [2.75, 3.05) is 25.1 Å². The van der Waals surface area contributed by atoms with Crippen LogP contribution in [0.3, 0.4) is 0 Å². The van der Waals surface area contributed by atoms with E-state index in [0.717, 1.165) is 11.1 Å². The molecule has 8 nitrogen and oxygen atoms in total. The number of alkyl halides is 1. The zero-order chi connectivity index (χ0) is 21.3. The number of nitrogens with zero attached hydrogens (tertiary/aromatic N) is 2. The Morgan fingerprint density at radius 2 is 2.03 bits per heavy atom. The molecule has 3 rings (SSSR count). The summed E-state index contributed by atoms with van der Waals surface area (Å²) in [6.07, 6.45) is 0.265. The van der Waals surface area contributed by atoms with Gasteiger partial charge >= 0.3 is 12.1 Å². The van der Waals surface area contributed by atoms with Crippen LogP contribution >= 0.6 is 0 Å². The number of benzene rings is 1. The highest BCUT2D eigenvalue weighted by molar-refractivity contribution is 5.75. The Hall–Kier alpha value is -3.36. The van der Waals surface area contributed by atoms with E-state index in [2.05, 4.69) is 21.2 Å². The van der Waals surface area contributed by atoms with Gasteiger partial charge in [-0.2, -0.15) is 0 Å². The number of hydrogen-bond donors (Lipinski definition) is 3. The van der Waals surface area contributed by atoms with Crippen LogP contribution in [0.15, 0.2) is 48.7 Å². The molecule has 0 radical (unpaired) electrons. The lowest BCUT2D eigenvalue weighted by molar-refractivity contribution is 0.0522. The van der Waals surface area contributed by atoms with Gasteiger partial charge in [0.25, 0.3) is 0 Å². The van der Waals surface area contributed by atoms with Crippen molar-refractivity contribution < 1.29 is 18.7 Å². The summed E-state index contributed by atoms with van der Waals surface area (Å²) in [5.74, 6) is 0.125. The van der Waals surface area contributed by atoms with Crippen LogP contribution in [0.2, 0.25) is 0 Å². The minimum atomic E-state index is -1.24. The summed E-state index contributed by atoms with van der Waals surface area (Å²) in [4.78, 5) is 29.5. The maximum absolute atomic E-state index is 14.5. The zero-order valence-corrected chi connectivity index (χ0v) is 16.8. The highest BCUT2D eigenvalue weighted by Gasteiger charge is 2.32. The fourth-order valence-electron chi connectivity index (χ4n) is 3.10. The van der Waals surface area contributed by atoms with E-state index in [1.165, 1.54) is 4.90 Å². The van der Waals surface area contributed by atoms with Gasteiger partial charge in [0.15, 0.2) is 0 Å². The molecule has 1 saturated heterocycles. The lowest BCUT2D eigenvalue weighted by Gasteiger charge is -2.34. The number of halogens is 1. The second-order valence-corrected chi connectivity index (χ2v) is 7.23. The van der Waals surface area contributed by atoms with Crippen molar-refractivity contribution in [2.24, 2.45) is 5.92 Å². The highest BCUT2D eigenvalue weighted by Crippen LogP contribution is 2.21. The minimum Gasteiger partial charge on any atom is -0.445 e. The molecule has 30 heavy (non-hydrogen) atoms. The van der Waals surface area contributed by atoms with Crippen molar-refractivity contribution in [3.05, 3.63) is 59.8 Å². The number of piperidine rings is 1. The molecule has 2 heterocycles. The maximum atomic E-state index is 14.5. The average molecular weight is 415 g/mol. The molecule has 1 aliphatic rings. The third kappa shape index (κ3) is 6.33. The second kappa shape index (κ2) is 10.4. The number of urea groups is 1. The number of amides is 3. The molecule has 2 aromatic rings. The van der Waals surface area contributed by atoms with Crippen LogP contribution in [0.1, 0.15) is 17.5 Å². The number of rotatable bonds is 6. The number of hydrogen-bond acceptors (Lipinski definition) is 5. The fraction of sp³-hybridized carbons (Fsp3) is 0.381. The van der Waals surface area contributed by atoms with Crippen molar-refractivity contribution in [1.82, 2.24) is 20.6 Å². The zero-order valence-electron chi connectivity index (χ0n) is 16.8. The summed E-state index contributed by atoms with van der Waals surface area (Å²) >= 11 is 0. The molecule has 0 unspecified atom stereocenters. The number of aromatic nitrogens is 1. The summed E-state index contributed by atoms with van der Waals surface area (Å²) in [6, 6.07) is 12.4. The SMILES string of the molecule is Cc1ccc(COC(=O)N2CC[C@H](CNC(=O)NNc3ccccn3)[C@H](F)C2)cc1. The van der Waals surface area contributed by atoms with Crippen molar-refractivity contribution in [2.45, 2.75) is 26.1 Å². The predicted molar refractivity (Wildman–Crippen MR) is 110 cm³/mol. The summed E-state index contributed by atoms with van der Waals surface area (Å²) in [6.45, 7) is 2.64. The molecule has 0 aliphatic carbocycles. The van der Waals surface area contributed by atoms with Gasteiger partial charge in [0.1, 0.15) is 18.6 Å². The van der Waals surface area contributed by atoms with Crippen LogP contribution in [0.25, 0.3) is 0 Å². The minimum absolute atomic E-state index is 0.0487. The third-order valence-corrected chi connectivity index (χ3v) is 4.91. The first-order valence-electron chi connectivity index (χ1n) is 9.83. The van der Waals surface area contributed by atoms with Gasteiger partial charge < -0.3 is 15.0 Å². The van der Waals surface area contributed by atoms with Crippen LogP contribution < -0.4 is 16.2 Å². The Bertz CT molecular complexity index is 834. The van der Waals surface area contributed by atoms with Crippen LogP contribution in [-0.4, -0.2) is 47.8 Å². The normalized spacial score (nSPS) is 18.4. The number of nitrogens with one attached hydrogen (secondary N) is 3. The number of ether oxygens (including phenoxy) is 1. The lowest BCUT2D eigenvalue weighted by Crippen LogP contribution is -2.49. The van der Waals surface area contributed by atoms with Gasteiger partial charge in [0.05, 0.1) is 6.54 Å². The molecule has 1 aromatic heterocycles. The van der Waals surface area contributed by atoms with Gasteiger partial charge in [0, 0.05) is 25.2 Å². The van der Waals surface area contributed by atoms with E-state index in [1.807, 2.05) is 31.2 Å². The molecule has 2 atom stereocenters. The van der Waals surface area contributed by atoms with Crippen molar-refractivity contribution >= 4 is 17.9 Å². The molecule has 1 aliphatic heterocycles. The standard InChI is InChI=1S/C21H26FN5O3/c1-15-5-7-16(8-6-15)14-30-21(29)27-11-9-17(18(22)13-27)12-24-20(28)26-25-19-4-2-3-10-23-19/h2-8,10,17-18H,9,11-14H2,1H3,(H,23,25)(H2,24,26,28)/t17-,18-/m1/s1. The Labute approximate surface area is 174 Å².